The van der Waals surface area contributed by atoms with E-state index in [1.165, 1.54) is 19.3 Å². The Bertz CT molecular complexity index is 716. The molecule has 2 atom stereocenters. The molecule has 0 aromatic heterocycles. The summed E-state index contributed by atoms with van der Waals surface area (Å²) in [6, 6.07) is 20.8. The van der Waals surface area contributed by atoms with Gasteiger partial charge in [0, 0.05) is 9.74 Å². The summed E-state index contributed by atoms with van der Waals surface area (Å²) in [6.45, 7) is 0. The van der Waals surface area contributed by atoms with Crippen molar-refractivity contribution in [3.63, 3.8) is 0 Å². The quantitative estimate of drug-likeness (QED) is 0.663. The second-order valence-corrected chi connectivity index (χ2v) is 10.5. The minimum absolute atomic E-state index is 0.0662. The number of halogens is 1. The molecule has 1 nitrogen and oxygen atoms in total. The minimum atomic E-state index is -0.910. The van der Waals surface area contributed by atoms with Gasteiger partial charge in [0.15, 0.2) is 0 Å². The van der Waals surface area contributed by atoms with Crippen LogP contribution in [-0.4, -0.2) is 9.43 Å². The van der Waals surface area contributed by atoms with Gasteiger partial charge in [-0.05, 0) is 61.5 Å². The number of rotatable bonds is 3. The molecule has 0 spiro atoms. The molecular formula is C23H25BrO. The highest BCUT2D eigenvalue weighted by Gasteiger charge is 2.64. The van der Waals surface area contributed by atoms with Crippen molar-refractivity contribution in [1.29, 1.82) is 0 Å². The first-order valence-corrected chi connectivity index (χ1v) is 10.3. The van der Waals surface area contributed by atoms with Gasteiger partial charge in [-0.1, -0.05) is 76.6 Å². The van der Waals surface area contributed by atoms with Gasteiger partial charge in [-0.25, -0.2) is 0 Å². The van der Waals surface area contributed by atoms with E-state index in [0.717, 1.165) is 42.2 Å². The topological polar surface area (TPSA) is 20.2 Å². The van der Waals surface area contributed by atoms with Crippen LogP contribution in [0.1, 0.15) is 49.7 Å². The Kier molecular flexibility index (Phi) is 3.50. The molecule has 0 heterocycles. The SMILES string of the molecule is OC(c1ccccc1)(c1ccccc1)C12C[C@H]3C[C@@H](CC(Br)(C3)C1)C2. The Morgan fingerprint density at radius 3 is 1.72 bits per heavy atom. The summed E-state index contributed by atoms with van der Waals surface area (Å²) in [7, 11) is 0. The zero-order valence-electron chi connectivity index (χ0n) is 14.5. The zero-order valence-corrected chi connectivity index (χ0v) is 16.1. The van der Waals surface area contributed by atoms with Crippen LogP contribution in [-0.2, 0) is 5.60 Å². The van der Waals surface area contributed by atoms with Gasteiger partial charge in [0.25, 0.3) is 0 Å². The molecule has 4 bridgehead atoms. The van der Waals surface area contributed by atoms with Crippen molar-refractivity contribution in [1.82, 2.24) is 0 Å². The summed E-state index contributed by atoms with van der Waals surface area (Å²) >= 11 is 4.12. The van der Waals surface area contributed by atoms with Crippen molar-refractivity contribution >= 4 is 15.9 Å². The lowest BCUT2D eigenvalue weighted by Gasteiger charge is -2.65. The standard InChI is InChI=1S/C23H25BrO/c24-22-14-17-11-18(15-22)13-21(12-17,16-22)23(25,19-7-3-1-4-8-19)20-9-5-2-6-10-20/h1-10,17-18,25H,11-16H2/t17-,18-,21?,22?/m1/s1. The normalized spacial score (nSPS) is 36.6. The first-order valence-electron chi connectivity index (χ1n) is 9.55. The molecule has 2 heteroatoms. The molecule has 130 valence electrons. The fourth-order valence-corrected chi connectivity index (χ4v) is 8.16. The van der Waals surface area contributed by atoms with Crippen molar-refractivity contribution in [3.8, 4) is 0 Å². The Hall–Kier alpha value is -1.12. The molecule has 0 unspecified atom stereocenters. The number of alkyl halides is 1. The first kappa shape index (κ1) is 16.1. The van der Waals surface area contributed by atoms with Crippen LogP contribution >= 0.6 is 15.9 Å². The highest BCUT2D eigenvalue weighted by atomic mass is 79.9. The van der Waals surface area contributed by atoms with E-state index in [1.807, 2.05) is 12.1 Å². The van der Waals surface area contributed by atoms with Gasteiger partial charge < -0.3 is 5.11 Å². The molecule has 4 aliphatic rings. The highest BCUT2D eigenvalue weighted by molar-refractivity contribution is 9.10. The molecular weight excluding hydrogens is 372 g/mol. The van der Waals surface area contributed by atoms with E-state index < -0.39 is 5.60 Å². The molecule has 4 aliphatic carbocycles. The predicted molar refractivity (Wildman–Crippen MR) is 105 cm³/mol. The van der Waals surface area contributed by atoms with Crippen LogP contribution in [0, 0.1) is 17.3 Å². The van der Waals surface area contributed by atoms with Crippen LogP contribution < -0.4 is 0 Å². The van der Waals surface area contributed by atoms with E-state index in [-0.39, 0.29) is 9.74 Å². The second-order valence-electron chi connectivity index (χ2n) is 8.83. The maximum atomic E-state index is 12.4. The average Bonchev–Trinajstić information content (AvgIpc) is 2.60. The molecule has 25 heavy (non-hydrogen) atoms. The van der Waals surface area contributed by atoms with Gasteiger partial charge in [0.1, 0.15) is 5.60 Å². The van der Waals surface area contributed by atoms with Gasteiger partial charge in [-0.2, -0.15) is 0 Å². The number of hydrogen-bond acceptors (Lipinski definition) is 1. The monoisotopic (exact) mass is 396 g/mol. The highest BCUT2D eigenvalue weighted by Crippen LogP contribution is 2.70. The van der Waals surface area contributed by atoms with Crippen LogP contribution in [0.25, 0.3) is 0 Å². The third-order valence-electron chi connectivity index (χ3n) is 7.14. The van der Waals surface area contributed by atoms with Crippen molar-refractivity contribution in [2.24, 2.45) is 17.3 Å². The molecule has 1 N–H and O–H groups in total. The Morgan fingerprint density at radius 1 is 0.800 bits per heavy atom. The number of aliphatic hydroxyl groups is 1. The summed E-state index contributed by atoms with van der Waals surface area (Å²) in [4.78, 5) is 0. The van der Waals surface area contributed by atoms with Gasteiger partial charge in [0.05, 0.1) is 0 Å². The lowest BCUT2D eigenvalue weighted by molar-refractivity contribution is -0.155. The molecule has 0 radical (unpaired) electrons. The average molecular weight is 397 g/mol. The summed E-state index contributed by atoms with van der Waals surface area (Å²) in [5.41, 5.74) is 1.13. The van der Waals surface area contributed by atoms with E-state index in [0.29, 0.717) is 0 Å². The lowest BCUT2D eigenvalue weighted by atomic mass is 9.43. The lowest BCUT2D eigenvalue weighted by Crippen LogP contribution is -2.61. The first-order chi connectivity index (χ1) is 12.0. The minimum Gasteiger partial charge on any atom is -0.380 e. The van der Waals surface area contributed by atoms with E-state index in [9.17, 15) is 5.11 Å². The maximum absolute atomic E-state index is 12.4. The van der Waals surface area contributed by atoms with Gasteiger partial charge >= 0.3 is 0 Å². The summed E-state index contributed by atoms with van der Waals surface area (Å²) in [6.07, 6.45) is 7.30. The van der Waals surface area contributed by atoms with E-state index in [4.69, 9.17) is 0 Å². The van der Waals surface area contributed by atoms with Gasteiger partial charge in [-0.3, -0.25) is 0 Å². The molecule has 6 rings (SSSR count). The van der Waals surface area contributed by atoms with Crippen LogP contribution in [0.3, 0.4) is 0 Å². The molecule has 0 amide bonds. The smallest absolute Gasteiger partial charge is 0.120 e. The third-order valence-corrected chi connectivity index (χ3v) is 8.07. The third kappa shape index (κ3) is 2.30. The predicted octanol–water partition coefficient (Wildman–Crippen LogP) is 5.66. The fraction of sp³-hybridized carbons (Fsp3) is 0.478. The Morgan fingerprint density at radius 2 is 1.28 bits per heavy atom. The van der Waals surface area contributed by atoms with Crippen molar-refractivity contribution in [2.75, 3.05) is 0 Å². The van der Waals surface area contributed by atoms with E-state index in [1.54, 1.807) is 0 Å². The van der Waals surface area contributed by atoms with E-state index >= 15 is 0 Å². The van der Waals surface area contributed by atoms with E-state index in [2.05, 4.69) is 64.5 Å². The molecule has 2 aromatic rings. The number of benzene rings is 2. The molecule has 4 fully saturated rings. The van der Waals surface area contributed by atoms with Crippen LogP contribution in [0.2, 0.25) is 0 Å². The van der Waals surface area contributed by atoms with Crippen molar-refractivity contribution < 1.29 is 5.11 Å². The summed E-state index contributed by atoms with van der Waals surface area (Å²) in [5.74, 6) is 1.50. The summed E-state index contributed by atoms with van der Waals surface area (Å²) < 4.78 is 0.231. The van der Waals surface area contributed by atoms with Gasteiger partial charge in [-0.15, -0.1) is 0 Å². The van der Waals surface area contributed by atoms with Crippen LogP contribution in [0.15, 0.2) is 60.7 Å². The van der Waals surface area contributed by atoms with Gasteiger partial charge in [0.2, 0.25) is 0 Å². The molecule has 0 aliphatic heterocycles. The molecule has 0 saturated heterocycles. The second kappa shape index (κ2) is 5.44. The molecule has 4 saturated carbocycles. The van der Waals surface area contributed by atoms with Crippen molar-refractivity contribution in [2.45, 2.75) is 48.5 Å². The summed E-state index contributed by atoms with van der Waals surface area (Å²) in [5, 5.41) is 12.4. The number of hydrogen-bond donors (Lipinski definition) is 1. The fourth-order valence-electron chi connectivity index (χ4n) is 6.71. The largest absolute Gasteiger partial charge is 0.380 e. The zero-order chi connectivity index (χ0) is 17.1. The van der Waals surface area contributed by atoms with Crippen LogP contribution in [0.5, 0.6) is 0 Å². The van der Waals surface area contributed by atoms with Crippen molar-refractivity contribution in [3.05, 3.63) is 71.8 Å². The van der Waals surface area contributed by atoms with Crippen LogP contribution in [0.4, 0.5) is 0 Å². The Labute approximate surface area is 158 Å². The Balaban J connectivity index is 1.72. The molecule has 2 aromatic carbocycles. The maximum Gasteiger partial charge on any atom is 0.120 e.